The molecule has 1 unspecified atom stereocenters. The van der Waals surface area contributed by atoms with Gasteiger partial charge in [-0.25, -0.2) is 4.98 Å². The Kier molecular flexibility index (Phi) is 3.37. The number of ether oxygens (including phenoxy) is 2. The first-order chi connectivity index (χ1) is 10.0. The average Bonchev–Trinajstić information content (AvgIpc) is 2.92. The van der Waals surface area contributed by atoms with Gasteiger partial charge in [-0.2, -0.15) is 0 Å². The van der Waals surface area contributed by atoms with Crippen molar-refractivity contribution in [3.8, 4) is 11.5 Å². The van der Waals surface area contributed by atoms with Crippen molar-refractivity contribution in [3.05, 3.63) is 24.4 Å². The van der Waals surface area contributed by atoms with Crippen LogP contribution in [0.1, 0.15) is 20.8 Å². The number of nitrogens with zero attached hydrogens (tertiary/aromatic N) is 1. The molecule has 0 fully saturated rings. The van der Waals surface area contributed by atoms with Gasteiger partial charge in [0, 0.05) is 18.1 Å². The summed E-state index contributed by atoms with van der Waals surface area (Å²) in [7, 11) is 0. The molecule has 0 radical (unpaired) electrons. The Labute approximate surface area is 124 Å². The second-order valence-corrected chi connectivity index (χ2v) is 5.99. The highest BCUT2D eigenvalue weighted by Gasteiger charge is 2.28. The highest BCUT2D eigenvalue weighted by Crippen LogP contribution is 2.38. The largest absolute Gasteiger partial charge is 0.454 e. The van der Waals surface area contributed by atoms with Crippen molar-refractivity contribution in [1.29, 1.82) is 0 Å². The van der Waals surface area contributed by atoms with Crippen LogP contribution in [0.2, 0.25) is 0 Å². The van der Waals surface area contributed by atoms with E-state index in [4.69, 9.17) is 15.2 Å². The first-order valence-corrected chi connectivity index (χ1v) is 7.20. The predicted octanol–water partition coefficient (Wildman–Crippen LogP) is 2.75. The van der Waals surface area contributed by atoms with E-state index in [2.05, 4.69) is 31.1 Å². The number of hydrogen-bond donors (Lipinski definition) is 2. The lowest BCUT2D eigenvalue weighted by Gasteiger charge is -2.34. The van der Waals surface area contributed by atoms with E-state index in [0.717, 1.165) is 28.1 Å². The lowest BCUT2D eigenvalue weighted by Crippen LogP contribution is -2.47. The summed E-state index contributed by atoms with van der Waals surface area (Å²) in [6.45, 7) is 7.23. The fourth-order valence-corrected chi connectivity index (χ4v) is 2.36. The highest BCUT2D eigenvalue weighted by atomic mass is 16.7. The molecule has 0 aliphatic carbocycles. The Morgan fingerprint density at radius 3 is 2.71 bits per heavy atom. The number of benzene rings is 1. The Morgan fingerprint density at radius 1 is 1.33 bits per heavy atom. The van der Waals surface area contributed by atoms with Crippen LogP contribution in [-0.2, 0) is 0 Å². The van der Waals surface area contributed by atoms with Crippen molar-refractivity contribution in [1.82, 2.24) is 4.98 Å². The summed E-state index contributed by atoms with van der Waals surface area (Å²) in [5.41, 5.74) is 5.74. The molecule has 1 aromatic heterocycles. The van der Waals surface area contributed by atoms with E-state index < -0.39 is 0 Å². The lowest BCUT2D eigenvalue weighted by molar-refractivity contribution is 0.174. The molecule has 112 valence electrons. The number of nitrogens with two attached hydrogens (primary N) is 1. The van der Waals surface area contributed by atoms with Gasteiger partial charge in [-0.3, -0.25) is 0 Å². The molecular formula is C16H21N3O2. The van der Waals surface area contributed by atoms with E-state index in [1.807, 2.05) is 18.2 Å². The summed E-state index contributed by atoms with van der Waals surface area (Å²) in [4.78, 5) is 4.48. The quantitative estimate of drug-likeness (QED) is 0.905. The second-order valence-electron chi connectivity index (χ2n) is 5.99. The van der Waals surface area contributed by atoms with Crippen LogP contribution in [-0.4, -0.2) is 23.9 Å². The Balaban J connectivity index is 2.07. The van der Waals surface area contributed by atoms with Crippen LogP contribution in [0.3, 0.4) is 0 Å². The fourth-order valence-electron chi connectivity index (χ4n) is 2.36. The minimum absolute atomic E-state index is 0.211. The maximum absolute atomic E-state index is 5.96. The molecule has 0 amide bonds. The maximum atomic E-state index is 5.96. The van der Waals surface area contributed by atoms with Crippen LogP contribution in [0.15, 0.2) is 24.4 Å². The molecule has 2 aromatic rings. The summed E-state index contributed by atoms with van der Waals surface area (Å²) in [6.07, 6.45) is 1.80. The predicted molar refractivity (Wildman–Crippen MR) is 83.8 cm³/mol. The maximum Gasteiger partial charge on any atom is 0.231 e. The van der Waals surface area contributed by atoms with Gasteiger partial charge in [-0.15, -0.1) is 0 Å². The van der Waals surface area contributed by atoms with Crippen LogP contribution in [0.4, 0.5) is 5.82 Å². The third-order valence-electron chi connectivity index (χ3n) is 4.36. The van der Waals surface area contributed by atoms with E-state index in [-0.39, 0.29) is 12.3 Å². The van der Waals surface area contributed by atoms with Crippen LogP contribution in [0.25, 0.3) is 10.8 Å². The fraction of sp³-hybridized carbons (Fsp3) is 0.438. The van der Waals surface area contributed by atoms with Gasteiger partial charge in [-0.05, 0) is 36.4 Å². The standard InChI is InChI=1S/C16H21N3O2/c1-10(2)16(3,8-17)19-15-12-7-14-13(20-9-21-14)6-11(12)4-5-18-15/h4-7,10H,8-9,17H2,1-3H3,(H,18,19). The van der Waals surface area contributed by atoms with Gasteiger partial charge >= 0.3 is 0 Å². The van der Waals surface area contributed by atoms with Crippen molar-refractivity contribution in [2.45, 2.75) is 26.3 Å². The molecule has 0 saturated carbocycles. The first kappa shape index (κ1) is 13.9. The van der Waals surface area contributed by atoms with Gasteiger partial charge in [0.05, 0.1) is 5.54 Å². The third-order valence-corrected chi connectivity index (χ3v) is 4.36. The number of fused-ring (bicyclic) bond motifs is 2. The smallest absolute Gasteiger partial charge is 0.231 e. The molecule has 5 nitrogen and oxygen atoms in total. The number of nitrogens with one attached hydrogen (secondary N) is 1. The number of hydrogen-bond acceptors (Lipinski definition) is 5. The molecule has 2 heterocycles. The Bertz CT molecular complexity index is 672. The number of aromatic nitrogens is 1. The van der Waals surface area contributed by atoms with Gasteiger partial charge in [0.2, 0.25) is 6.79 Å². The van der Waals surface area contributed by atoms with Gasteiger partial charge in [-0.1, -0.05) is 13.8 Å². The first-order valence-electron chi connectivity index (χ1n) is 7.20. The molecule has 1 atom stereocenters. The normalized spacial score (nSPS) is 16.2. The average molecular weight is 287 g/mol. The molecule has 0 spiro atoms. The zero-order valence-corrected chi connectivity index (χ0v) is 12.6. The molecule has 1 aliphatic rings. The van der Waals surface area contributed by atoms with Crippen LogP contribution in [0, 0.1) is 5.92 Å². The number of anilines is 1. The van der Waals surface area contributed by atoms with Gasteiger partial charge in [0.15, 0.2) is 11.5 Å². The Morgan fingerprint density at radius 2 is 2.05 bits per heavy atom. The van der Waals surface area contributed by atoms with Gasteiger partial charge in [0.1, 0.15) is 5.82 Å². The van der Waals surface area contributed by atoms with E-state index >= 15 is 0 Å². The van der Waals surface area contributed by atoms with Crippen LogP contribution in [0.5, 0.6) is 11.5 Å². The summed E-state index contributed by atoms with van der Waals surface area (Å²) in [5, 5.41) is 5.59. The van der Waals surface area contributed by atoms with Crippen molar-refractivity contribution in [3.63, 3.8) is 0 Å². The molecule has 3 N–H and O–H groups in total. The monoisotopic (exact) mass is 287 g/mol. The van der Waals surface area contributed by atoms with Crippen molar-refractivity contribution in [2.75, 3.05) is 18.7 Å². The highest BCUT2D eigenvalue weighted by molar-refractivity contribution is 5.94. The van der Waals surface area contributed by atoms with Gasteiger partial charge < -0.3 is 20.5 Å². The summed E-state index contributed by atoms with van der Waals surface area (Å²) < 4.78 is 10.9. The summed E-state index contributed by atoms with van der Waals surface area (Å²) >= 11 is 0. The summed E-state index contributed by atoms with van der Waals surface area (Å²) in [5.74, 6) is 2.75. The molecule has 3 rings (SSSR count). The van der Waals surface area contributed by atoms with Crippen molar-refractivity contribution < 1.29 is 9.47 Å². The third kappa shape index (κ3) is 2.38. The SMILES string of the molecule is CC(C)C(C)(CN)Nc1nccc2cc3c(cc12)OCO3. The van der Waals surface area contributed by atoms with Crippen molar-refractivity contribution in [2.24, 2.45) is 11.7 Å². The zero-order valence-electron chi connectivity index (χ0n) is 12.6. The minimum atomic E-state index is -0.211. The second kappa shape index (κ2) is 5.07. The summed E-state index contributed by atoms with van der Waals surface area (Å²) in [6, 6.07) is 5.93. The van der Waals surface area contributed by atoms with E-state index in [1.54, 1.807) is 6.20 Å². The van der Waals surface area contributed by atoms with E-state index in [9.17, 15) is 0 Å². The molecule has 21 heavy (non-hydrogen) atoms. The molecule has 1 aliphatic heterocycles. The topological polar surface area (TPSA) is 69.4 Å². The molecule has 5 heteroatoms. The van der Waals surface area contributed by atoms with E-state index in [1.165, 1.54) is 0 Å². The molecular weight excluding hydrogens is 266 g/mol. The number of rotatable bonds is 4. The van der Waals surface area contributed by atoms with Crippen molar-refractivity contribution >= 4 is 16.6 Å². The van der Waals surface area contributed by atoms with Crippen LogP contribution < -0.4 is 20.5 Å². The Hall–Kier alpha value is -2.01. The molecule has 0 bridgehead atoms. The minimum Gasteiger partial charge on any atom is -0.454 e. The molecule has 1 aromatic carbocycles. The van der Waals surface area contributed by atoms with E-state index in [0.29, 0.717) is 12.5 Å². The zero-order chi connectivity index (χ0) is 15.0. The number of pyridine rings is 1. The van der Waals surface area contributed by atoms with Crippen LogP contribution >= 0.6 is 0 Å². The van der Waals surface area contributed by atoms with Gasteiger partial charge in [0.25, 0.3) is 0 Å². The molecule has 0 saturated heterocycles. The lowest BCUT2D eigenvalue weighted by atomic mass is 9.88.